The Hall–Kier alpha value is -1.20. The number of hydrogen-bond donors (Lipinski definition) is 3. The van der Waals surface area contributed by atoms with Crippen LogP contribution in [-0.2, 0) is 9.59 Å². The quantitative estimate of drug-likeness (QED) is 0.554. The molecule has 3 fully saturated rings. The first kappa shape index (κ1) is 23.9. The number of carboxylic acid groups (broad SMARTS) is 1. The summed E-state index contributed by atoms with van der Waals surface area (Å²) in [7, 11) is 0. The van der Waals surface area contributed by atoms with E-state index in [0.717, 1.165) is 38.5 Å². The minimum Gasteiger partial charge on any atom is -0.481 e. The number of rotatable bonds is 6. The molecule has 3 saturated carbocycles. The standard InChI is InChI=1S/C27H42O5/c1-15(5-8-22(29)16(2)25(31)32)19-6-7-20-24-21(10-12-27(19,20)4)26(3)11-9-18(28)13-17(26)14-23(24)30/h13,15-16,19-24,29-30H,5-12,14H2,1-4H3,(H,31,32)/t15-,16?,19-,20+,21+,22?,23-,24+,26+,27-/m1/s1. The predicted octanol–water partition coefficient (Wildman–Crippen LogP) is 4.60. The Morgan fingerprint density at radius 2 is 1.84 bits per heavy atom. The first-order valence-electron chi connectivity index (χ1n) is 12.8. The van der Waals surface area contributed by atoms with Gasteiger partial charge in [-0.2, -0.15) is 0 Å². The van der Waals surface area contributed by atoms with Gasteiger partial charge in [-0.1, -0.05) is 26.3 Å². The minimum absolute atomic E-state index is 0.0555. The molecule has 0 amide bonds. The number of aliphatic hydroxyl groups excluding tert-OH is 2. The lowest BCUT2D eigenvalue weighted by Gasteiger charge is -2.60. The third-order valence-corrected chi connectivity index (χ3v) is 10.6. The molecule has 5 nitrogen and oxygen atoms in total. The van der Waals surface area contributed by atoms with Crippen molar-refractivity contribution in [2.45, 2.75) is 97.7 Å². The number of carbonyl (C=O) groups excluding carboxylic acids is 1. The van der Waals surface area contributed by atoms with Crippen molar-refractivity contribution >= 4 is 11.8 Å². The van der Waals surface area contributed by atoms with Gasteiger partial charge in [-0.25, -0.2) is 0 Å². The van der Waals surface area contributed by atoms with Crippen LogP contribution in [0.25, 0.3) is 0 Å². The summed E-state index contributed by atoms with van der Waals surface area (Å²) in [6.45, 7) is 8.63. The van der Waals surface area contributed by atoms with E-state index in [1.54, 1.807) is 6.92 Å². The van der Waals surface area contributed by atoms with E-state index in [2.05, 4.69) is 20.8 Å². The van der Waals surface area contributed by atoms with Crippen LogP contribution >= 0.6 is 0 Å². The monoisotopic (exact) mass is 446 g/mol. The molecule has 0 aromatic rings. The van der Waals surface area contributed by atoms with Gasteiger partial charge in [-0.05, 0) is 105 Å². The van der Waals surface area contributed by atoms with Crippen LogP contribution in [0.3, 0.4) is 0 Å². The summed E-state index contributed by atoms with van der Waals surface area (Å²) in [5.74, 6) is 0.790. The molecule has 0 aromatic carbocycles. The number of hydrogen-bond acceptors (Lipinski definition) is 4. The largest absolute Gasteiger partial charge is 0.481 e. The molecule has 2 unspecified atom stereocenters. The van der Waals surface area contributed by atoms with Gasteiger partial charge in [0, 0.05) is 6.42 Å². The van der Waals surface area contributed by atoms with E-state index in [4.69, 9.17) is 0 Å². The Kier molecular flexibility index (Phi) is 6.39. The highest BCUT2D eigenvalue weighted by atomic mass is 16.4. The molecule has 0 aromatic heterocycles. The van der Waals surface area contributed by atoms with Crippen LogP contribution in [0.5, 0.6) is 0 Å². The second kappa shape index (κ2) is 8.54. The van der Waals surface area contributed by atoms with Crippen molar-refractivity contribution in [1.82, 2.24) is 0 Å². The molecular weight excluding hydrogens is 404 g/mol. The van der Waals surface area contributed by atoms with Crippen LogP contribution in [-0.4, -0.2) is 39.3 Å². The van der Waals surface area contributed by atoms with Crippen LogP contribution in [0.1, 0.15) is 85.5 Å². The van der Waals surface area contributed by atoms with Crippen LogP contribution < -0.4 is 0 Å². The average molecular weight is 447 g/mol. The van der Waals surface area contributed by atoms with Crippen molar-refractivity contribution in [3.05, 3.63) is 11.6 Å². The minimum atomic E-state index is -0.936. The second-order valence-corrected chi connectivity index (χ2v) is 12.1. The molecule has 5 heteroatoms. The van der Waals surface area contributed by atoms with Crippen molar-refractivity contribution in [1.29, 1.82) is 0 Å². The molecule has 0 aliphatic heterocycles. The van der Waals surface area contributed by atoms with Gasteiger partial charge in [-0.3, -0.25) is 9.59 Å². The maximum atomic E-state index is 12.1. The van der Waals surface area contributed by atoms with Crippen LogP contribution in [0.2, 0.25) is 0 Å². The Morgan fingerprint density at radius 1 is 1.12 bits per heavy atom. The van der Waals surface area contributed by atoms with E-state index in [9.17, 15) is 24.9 Å². The molecule has 180 valence electrons. The Labute approximate surface area is 192 Å². The van der Waals surface area contributed by atoms with Gasteiger partial charge in [0.15, 0.2) is 5.78 Å². The molecule has 0 radical (unpaired) electrons. The summed E-state index contributed by atoms with van der Waals surface area (Å²) in [6, 6.07) is 0. The third kappa shape index (κ3) is 3.77. The number of ketones is 1. The normalized spacial score (nSPS) is 44.0. The Balaban J connectivity index is 1.49. The van der Waals surface area contributed by atoms with Gasteiger partial charge < -0.3 is 15.3 Å². The van der Waals surface area contributed by atoms with E-state index < -0.39 is 18.0 Å². The van der Waals surface area contributed by atoms with Crippen molar-refractivity contribution in [3.63, 3.8) is 0 Å². The van der Waals surface area contributed by atoms with E-state index in [0.29, 0.717) is 48.9 Å². The number of aliphatic hydroxyl groups is 2. The third-order valence-electron chi connectivity index (χ3n) is 10.6. The van der Waals surface area contributed by atoms with Crippen LogP contribution in [0.15, 0.2) is 11.6 Å². The molecule has 0 bridgehead atoms. The van der Waals surface area contributed by atoms with E-state index >= 15 is 0 Å². The summed E-state index contributed by atoms with van der Waals surface area (Å²) in [5, 5.41) is 30.7. The highest BCUT2D eigenvalue weighted by Crippen LogP contribution is 2.67. The zero-order valence-corrected chi connectivity index (χ0v) is 20.2. The molecule has 0 heterocycles. The topological polar surface area (TPSA) is 94.8 Å². The van der Waals surface area contributed by atoms with Crippen LogP contribution in [0.4, 0.5) is 0 Å². The summed E-state index contributed by atoms with van der Waals surface area (Å²) in [5.41, 5.74) is 1.43. The molecular formula is C27H42O5. The first-order valence-corrected chi connectivity index (χ1v) is 12.8. The summed E-state index contributed by atoms with van der Waals surface area (Å²) in [4.78, 5) is 23.2. The SMILES string of the molecule is CC(C(=O)O)C(O)CC[C@@H](C)[C@H]1CC[C@H]2[C@@H]3[C@H](O)CC4=CC(=O)CC[C@]4(C)[C@H]3CC[C@]12C. The van der Waals surface area contributed by atoms with E-state index in [-0.39, 0.29) is 22.7 Å². The fourth-order valence-corrected chi connectivity index (χ4v) is 8.55. The zero-order valence-electron chi connectivity index (χ0n) is 20.2. The van der Waals surface area contributed by atoms with Gasteiger partial charge in [0.25, 0.3) is 0 Å². The van der Waals surface area contributed by atoms with Crippen molar-refractivity contribution < 1.29 is 24.9 Å². The highest BCUT2D eigenvalue weighted by molar-refractivity contribution is 5.91. The predicted molar refractivity (Wildman–Crippen MR) is 123 cm³/mol. The smallest absolute Gasteiger partial charge is 0.308 e. The van der Waals surface area contributed by atoms with Gasteiger partial charge in [0.1, 0.15) is 0 Å². The van der Waals surface area contributed by atoms with Gasteiger partial charge in [0.2, 0.25) is 0 Å². The van der Waals surface area contributed by atoms with Crippen LogP contribution in [0, 0.1) is 46.3 Å². The Morgan fingerprint density at radius 3 is 2.53 bits per heavy atom. The number of carboxylic acids is 1. The molecule has 4 rings (SSSR count). The maximum Gasteiger partial charge on any atom is 0.308 e. The summed E-state index contributed by atoms with van der Waals surface area (Å²) < 4.78 is 0. The lowest BCUT2D eigenvalue weighted by molar-refractivity contribution is -0.145. The van der Waals surface area contributed by atoms with Crippen molar-refractivity contribution in [2.75, 3.05) is 0 Å². The average Bonchev–Trinajstić information content (AvgIpc) is 3.09. The van der Waals surface area contributed by atoms with Gasteiger partial charge in [-0.15, -0.1) is 0 Å². The second-order valence-electron chi connectivity index (χ2n) is 12.1. The number of aliphatic carboxylic acids is 1. The zero-order chi connectivity index (χ0) is 23.4. The van der Waals surface area contributed by atoms with E-state index in [1.165, 1.54) is 5.57 Å². The molecule has 4 aliphatic rings. The van der Waals surface area contributed by atoms with E-state index in [1.807, 2.05) is 6.08 Å². The molecule has 4 aliphatic carbocycles. The fraction of sp³-hybridized carbons (Fsp3) is 0.852. The highest BCUT2D eigenvalue weighted by Gasteiger charge is 2.61. The first-order chi connectivity index (χ1) is 15.0. The molecule has 0 saturated heterocycles. The lowest BCUT2D eigenvalue weighted by Crippen LogP contribution is -2.55. The number of carbonyl (C=O) groups is 2. The molecule has 10 atom stereocenters. The Bertz CT molecular complexity index is 789. The summed E-state index contributed by atoms with van der Waals surface area (Å²) >= 11 is 0. The molecule has 3 N–H and O–H groups in total. The van der Waals surface area contributed by atoms with Gasteiger partial charge in [0.05, 0.1) is 18.1 Å². The van der Waals surface area contributed by atoms with Crippen molar-refractivity contribution in [2.24, 2.45) is 46.3 Å². The molecule has 0 spiro atoms. The number of fused-ring (bicyclic) bond motifs is 5. The van der Waals surface area contributed by atoms with Crippen molar-refractivity contribution in [3.8, 4) is 0 Å². The fourth-order valence-electron chi connectivity index (χ4n) is 8.55. The molecule has 32 heavy (non-hydrogen) atoms. The summed E-state index contributed by atoms with van der Waals surface area (Å²) in [6.07, 6.45) is 8.84. The maximum absolute atomic E-state index is 12.1. The van der Waals surface area contributed by atoms with Gasteiger partial charge >= 0.3 is 5.97 Å². The lowest BCUT2D eigenvalue weighted by atomic mass is 9.45.